The molecule has 1 spiro atoms. The Hall–Kier alpha value is -1.50. The molecule has 2 N–H and O–H groups in total. The summed E-state index contributed by atoms with van der Waals surface area (Å²) >= 11 is 12.5. The molecule has 2 amide bonds. The second-order valence-corrected chi connectivity index (χ2v) is 9.61. The zero-order valence-corrected chi connectivity index (χ0v) is 17.7. The standard InChI is InChI=1S/C19H26Cl2N4O2/c1-12(26)22-15-6-13(20)5-14(21)17(15)25-10-19(11-25)8-24(9-19)7-16(27)23-18(2,3)4/h5-6H,7-11H2,1-4H3,(H,22,26)(H,23,27). The number of hydrogen-bond donors (Lipinski definition) is 2. The molecular formula is C19H26Cl2N4O2. The van der Waals surface area contributed by atoms with E-state index in [0.29, 0.717) is 22.3 Å². The minimum atomic E-state index is -0.210. The first-order valence-corrected chi connectivity index (χ1v) is 9.77. The number of benzene rings is 1. The maximum atomic E-state index is 12.1. The van der Waals surface area contributed by atoms with Crippen molar-refractivity contribution >= 4 is 46.4 Å². The molecule has 2 aliphatic heterocycles. The van der Waals surface area contributed by atoms with Crippen molar-refractivity contribution in [1.29, 1.82) is 0 Å². The van der Waals surface area contributed by atoms with Crippen molar-refractivity contribution in [3.05, 3.63) is 22.2 Å². The molecule has 0 atom stereocenters. The van der Waals surface area contributed by atoms with E-state index in [9.17, 15) is 9.59 Å². The number of carbonyl (C=O) groups is 2. The lowest BCUT2D eigenvalue weighted by molar-refractivity contribution is -0.127. The summed E-state index contributed by atoms with van der Waals surface area (Å²) in [5, 5.41) is 6.82. The number of nitrogens with zero attached hydrogens (tertiary/aromatic N) is 2. The fourth-order valence-electron chi connectivity index (χ4n) is 3.97. The molecule has 0 aliphatic carbocycles. The van der Waals surface area contributed by atoms with Crippen LogP contribution in [0.25, 0.3) is 0 Å². The predicted octanol–water partition coefficient (Wildman–Crippen LogP) is 2.99. The molecule has 2 fully saturated rings. The van der Waals surface area contributed by atoms with Crippen LogP contribution in [0, 0.1) is 5.41 Å². The Morgan fingerprint density at radius 3 is 2.33 bits per heavy atom. The van der Waals surface area contributed by atoms with Crippen LogP contribution >= 0.6 is 23.2 Å². The molecule has 3 rings (SSSR count). The van der Waals surface area contributed by atoms with Gasteiger partial charge < -0.3 is 15.5 Å². The van der Waals surface area contributed by atoms with Gasteiger partial charge in [-0.25, -0.2) is 0 Å². The topological polar surface area (TPSA) is 64.7 Å². The van der Waals surface area contributed by atoms with Gasteiger partial charge in [0.2, 0.25) is 11.8 Å². The first-order valence-electron chi connectivity index (χ1n) is 9.01. The van der Waals surface area contributed by atoms with E-state index in [2.05, 4.69) is 20.4 Å². The Morgan fingerprint density at radius 1 is 1.15 bits per heavy atom. The van der Waals surface area contributed by atoms with Gasteiger partial charge >= 0.3 is 0 Å². The second kappa shape index (κ2) is 7.15. The predicted molar refractivity (Wildman–Crippen MR) is 110 cm³/mol. The Kier molecular flexibility index (Phi) is 5.36. The van der Waals surface area contributed by atoms with Crippen molar-refractivity contribution in [2.24, 2.45) is 5.41 Å². The molecule has 0 saturated carbocycles. The third-order valence-electron chi connectivity index (χ3n) is 4.71. The van der Waals surface area contributed by atoms with Crippen LogP contribution in [0.4, 0.5) is 11.4 Å². The quantitative estimate of drug-likeness (QED) is 0.797. The van der Waals surface area contributed by atoms with Crippen LogP contribution in [0.2, 0.25) is 10.0 Å². The van der Waals surface area contributed by atoms with Crippen LogP contribution < -0.4 is 15.5 Å². The Labute approximate surface area is 170 Å². The van der Waals surface area contributed by atoms with E-state index in [1.54, 1.807) is 12.1 Å². The molecule has 2 heterocycles. The molecule has 27 heavy (non-hydrogen) atoms. The third kappa shape index (κ3) is 4.68. The van der Waals surface area contributed by atoms with Crippen molar-refractivity contribution in [3.8, 4) is 0 Å². The molecule has 6 nitrogen and oxygen atoms in total. The van der Waals surface area contributed by atoms with Crippen LogP contribution in [0.3, 0.4) is 0 Å². The lowest BCUT2D eigenvalue weighted by atomic mass is 9.72. The Balaban J connectivity index is 1.58. The number of likely N-dealkylation sites (tertiary alicyclic amines) is 1. The monoisotopic (exact) mass is 412 g/mol. The lowest BCUT2D eigenvalue weighted by Gasteiger charge is -2.61. The molecule has 0 radical (unpaired) electrons. The Bertz CT molecular complexity index is 762. The van der Waals surface area contributed by atoms with Crippen LogP contribution in [-0.2, 0) is 9.59 Å². The zero-order valence-electron chi connectivity index (χ0n) is 16.2. The molecule has 0 bridgehead atoms. The molecule has 8 heteroatoms. The van der Waals surface area contributed by atoms with Crippen molar-refractivity contribution in [3.63, 3.8) is 0 Å². The van der Waals surface area contributed by atoms with Gasteiger partial charge in [0.1, 0.15) is 0 Å². The zero-order chi connectivity index (χ0) is 20.0. The van der Waals surface area contributed by atoms with Gasteiger partial charge in [0.25, 0.3) is 0 Å². The highest BCUT2D eigenvalue weighted by molar-refractivity contribution is 6.37. The van der Waals surface area contributed by atoms with E-state index in [-0.39, 0.29) is 22.8 Å². The van der Waals surface area contributed by atoms with Gasteiger partial charge in [-0.3, -0.25) is 14.5 Å². The van der Waals surface area contributed by atoms with Crippen molar-refractivity contribution in [2.75, 3.05) is 42.9 Å². The van der Waals surface area contributed by atoms with Crippen LogP contribution in [-0.4, -0.2) is 55.0 Å². The molecule has 0 unspecified atom stereocenters. The highest BCUT2D eigenvalue weighted by atomic mass is 35.5. The first kappa shape index (κ1) is 20.2. The minimum Gasteiger partial charge on any atom is -0.367 e. The first-order chi connectivity index (χ1) is 12.5. The second-order valence-electron chi connectivity index (χ2n) is 8.76. The van der Waals surface area contributed by atoms with Gasteiger partial charge in [0.15, 0.2) is 0 Å². The molecular weight excluding hydrogens is 387 g/mol. The molecule has 2 aliphatic rings. The summed E-state index contributed by atoms with van der Waals surface area (Å²) in [5.41, 5.74) is 1.43. The van der Waals surface area contributed by atoms with Gasteiger partial charge in [0, 0.05) is 49.1 Å². The van der Waals surface area contributed by atoms with Crippen LogP contribution in [0.5, 0.6) is 0 Å². The van der Waals surface area contributed by atoms with Crippen LogP contribution in [0.1, 0.15) is 27.7 Å². The van der Waals surface area contributed by atoms with Gasteiger partial charge in [-0.2, -0.15) is 0 Å². The summed E-state index contributed by atoms with van der Waals surface area (Å²) < 4.78 is 0. The normalized spacial score (nSPS) is 18.7. The number of hydrogen-bond acceptors (Lipinski definition) is 4. The minimum absolute atomic E-state index is 0.0576. The average molecular weight is 413 g/mol. The van der Waals surface area contributed by atoms with E-state index in [0.717, 1.165) is 31.9 Å². The maximum Gasteiger partial charge on any atom is 0.234 e. The van der Waals surface area contributed by atoms with E-state index in [4.69, 9.17) is 23.2 Å². The molecule has 1 aromatic rings. The highest BCUT2D eigenvalue weighted by Crippen LogP contribution is 2.47. The summed E-state index contributed by atoms with van der Waals surface area (Å²) in [5.74, 6) is -0.105. The van der Waals surface area contributed by atoms with Gasteiger partial charge in [-0.1, -0.05) is 23.2 Å². The van der Waals surface area contributed by atoms with Crippen molar-refractivity contribution < 1.29 is 9.59 Å². The lowest BCUT2D eigenvalue weighted by Crippen LogP contribution is -2.73. The fraction of sp³-hybridized carbons (Fsp3) is 0.579. The largest absolute Gasteiger partial charge is 0.367 e. The summed E-state index contributed by atoms with van der Waals surface area (Å²) in [6, 6.07) is 3.41. The molecule has 1 aromatic carbocycles. The number of anilines is 2. The molecule has 2 saturated heterocycles. The van der Waals surface area contributed by atoms with E-state index >= 15 is 0 Å². The van der Waals surface area contributed by atoms with Gasteiger partial charge in [-0.15, -0.1) is 0 Å². The third-order valence-corrected chi connectivity index (χ3v) is 5.21. The van der Waals surface area contributed by atoms with E-state index in [1.165, 1.54) is 6.92 Å². The average Bonchev–Trinajstić information content (AvgIpc) is 2.38. The van der Waals surface area contributed by atoms with Crippen molar-refractivity contribution in [1.82, 2.24) is 10.2 Å². The SMILES string of the molecule is CC(=O)Nc1cc(Cl)cc(Cl)c1N1CC2(CN(CC(=O)NC(C)(C)C)C2)C1. The highest BCUT2D eigenvalue weighted by Gasteiger charge is 2.52. The van der Waals surface area contributed by atoms with E-state index < -0.39 is 0 Å². The smallest absolute Gasteiger partial charge is 0.234 e. The summed E-state index contributed by atoms with van der Waals surface area (Å²) in [6.07, 6.45) is 0. The van der Waals surface area contributed by atoms with Gasteiger partial charge in [0.05, 0.1) is 22.9 Å². The summed E-state index contributed by atoms with van der Waals surface area (Å²) in [6.45, 7) is 11.3. The molecule has 148 valence electrons. The maximum absolute atomic E-state index is 12.1. The van der Waals surface area contributed by atoms with Crippen molar-refractivity contribution in [2.45, 2.75) is 33.2 Å². The molecule has 0 aromatic heterocycles. The van der Waals surface area contributed by atoms with E-state index in [1.807, 2.05) is 20.8 Å². The number of carbonyl (C=O) groups excluding carboxylic acids is 2. The van der Waals surface area contributed by atoms with Gasteiger partial charge in [-0.05, 0) is 32.9 Å². The number of halogens is 2. The summed E-state index contributed by atoms with van der Waals surface area (Å²) in [7, 11) is 0. The summed E-state index contributed by atoms with van der Waals surface area (Å²) in [4.78, 5) is 27.9. The number of nitrogens with one attached hydrogen (secondary N) is 2. The fourth-order valence-corrected chi connectivity index (χ4v) is 4.58. The number of rotatable bonds is 4. The number of amides is 2. The van der Waals surface area contributed by atoms with Crippen LogP contribution in [0.15, 0.2) is 12.1 Å². The Morgan fingerprint density at radius 2 is 1.78 bits per heavy atom.